The van der Waals surface area contributed by atoms with Crippen LogP contribution in [0, 0.1) is 0 Å². The van der Waals surface area contributed by atoms with Crippen molar-refractivity contribution in [2.75, 3.05) is 7.05 Å². The molecule has 2 heterocycles. The molecule has 4 nitrogen and oxygen atoms in total. The van der Waals surface area contributed by atoms with Crippen LogP contribution < -0.4 is 5.32 Å². The standard InChI is InChI=1S/C13H12N4S/c1-14-13(12-8-18-17-16-12)10-5-4-9-3-2-6-15-11(9)7-10/h2-8,13-14H,1H3. The molecule has 2 aromatic heterocycles. The van der Waals surface area contributed by atoms with Gasteiger partial charge in [0.05, 0.1) is 17.3 Å². The van der Waals surface area contributed by atoms with Gasteiger partial charge in [-0.15, -0.1) is 5.10 Å². The molecule has 0 bridgehead atoms. The Bertz CT molecular complexity index is 651. The Morgan fingerprint density at radius 2 is 2.22 bits per heavy atom. The van der Waals surface area contributed by atoms with Crippen molar-refractivity contribution in [1.29, 1.82) is 0 Å². The summed E-state index contributed by atoms with van der Waals surface area (Å²) in [5.74, 6) is 0. The molecule has 0 aliphatic carbocycles. The lowest BCUT2D eigenvalue weighted by Gasteiger charge is -2.14. The monoisotopic (exact) mass is 256 g/mol. The van der Waals surface area contributed by atoms with Gasteiger partial charge in [0.2, 0.25) is 0 Å². The number of hydrogen-bond donors (Lipinski definition) is 1. The van der Waals surface area contributed by atoms with E-state index in [0.717, 1.165) is 22.2 Å². The Kier molecular flexibility index (Phi) is 3.00. The lowest BCUT2D eigenvalue weighted by Crippen LogP contribution is -2.18. The Morgan fingerprint density at radius 1 is 1.28 bits per heavy atom. The predicted molar refractivity (Wildman–Crippen MR) is 72.6 cm³/mol. The number of rotatable bonds is 3. The summed E-state index contributed by atoms with van der Waals surface area (Å²) in [6.07, 6.45) is 1.81. The van der Waals surface area contributed by atoms with Gasteiger partial charge >= 0.3 is 0 Å². The second-order valence-electron chi connectivity index (χ2n) is 4.01. The molecular formula is C13H12N4S. The van der Waals surface area contributed by atoms with Gasteiger partial charge in [-0.25, -0.2) is 0 Å². The summed E-state index contributed by atoms with van der Waals surface area (Å²) in [7, 11) is 1.92. The van der Waals surface area contributed by atoms with Crippen LogP contribution >= 0.6 is 11.5 Å². The molecule has 18 heavy (non-hydrogen) atoms. The predicted octanol–water partition coefficient (Wildman–Crippen LogP) is 2.40. The first kappa shape index (κ1) is 11.3. The summed E-state index contributed by atoms with van der Waals surface area (Å²) in [5, 5.41) is 10.5. The summed E-state index contributed by atoms with van der Waals surface area (Å²) in [6.45, 7) is 0. The maximum Gasteiger partial charge on any atom is 0.0970 e. The fourth-order valence-corrected chi connectivity index (χ4v) is 2.53. The lowest BCUT2D eigenvalue weighted by molar-refractivity contribution is 0.668. The van der Waals surface area contributed by atoms with Crippen molar-refractivity contribution in [3.8, 4) is 0 Å². The molecule has 90 valence electrons. The average Bonchev–Trinajstić information content (AvgIpc) is 2.93. The maximum absolute atomic E-state index is 4.38. The number of hydrogen-bond acceptors (Lipinski definition) is 5. The van der Waals surface area contributed by atoms with E-state index in [9.17, 15) is 0 Å². The lowest BCUT2D eigenvalue weighted by atomic mass is 10.0. The number of fused-ring (bicyclic) bond motifs is 1. The van der Waals surface area contributed by atoms with Crippen molar-refractivity contribution >= 4 is 22.4 Å². The summed E-state index contributed by atoms with van der Waals surface area (Å²) in [4.78, 5) is 4.38. The second-order valence-corrected chi connectivity index (χ2v) is 4.62. The third-order valence-electron chi connectivity index (χ3n) is 2.92. The quantitative estimate of drug-likeness (QED) is 0.781. The SMILES string of the molecule is CNC(c1ccc2cccnc2c1)c1csnn1. The number of aromatic nitrogens is 3. The van der Waals surface area contributed by atoms with Crippen molar-refractivity contribution < 1.29 is 0 Å². The molecule has 3 aromatic rings. The highest BCUT2D eigenvalue weighted by atomic mass is 32.1. The number of nitrogens with zero attached hydrogens (tertiary/aromatic N) is 3. The average molecular weight is 256 g/mol. The Labute approximate surface area is 109 Å². The van der Waals surface area contributed by atoms with Crippen molar-refractivity contribution in [3.05, 3.63) is 53.2 Å². The zero-order chi connectivity index (χ0) is 12.4. The van der Waals surface area contributed by atoms with E-state index in [2.05, 4.69) is 44.2 Å². The minimum Gasteiger partial charge on any atom is -0.308 e. The molecule has 0 saturated carbocycles. The van der Waals surface area contributed by atoms with Gasteiger partial charge in [-0.3, -0.25) is 4.98 Å². The first-order valence-corrected chi connectivity index (χ1v) is 6.51. The highest BCUT2D eigenvalue weighted by Crippen LogP contribution is 2.23. The Morgan fingerprint density at radius 3 is 3.00 bits per heavy atom. The third kappa shape index (κ3) is 1.98. The molecule has 0 spiro atoms. The van der Waals surface area contributed by atoms with Crippen LogP contribution in [0.4, 0.5) is 0 Å². The first-order valence-electron chi connectivity index (χ1n) is 5.67. The highest BCUT2D eigenvalue weighted by Gasteiger charge is 2.14. The van der Waals surface area contributed by atoms with Crippen LogP contribution in [0.5, 0.6) is 0 Å². The number of benzene rings is 1. The van der Waals surface area contributed by atoms with Gasteiger partial charge in [-0.1, -0.05) is 22.7 Å². The van der Waals surface area contributed by atoms with E-state index < -0.39 is 0 Å². The van der Waals surface area contributed by atoms with E-state index in [0.29, 0.717) is 0 Å². The van der Waals surface area contributed by atoms with Crippen LogP contribution in [-0.2, 0) is 0 Å². The molecule has 3 rings (SSSR count). The molecule has 1 unspecified atom stereocenters. The fraction of sp³-hybridized carbons (Fsp3) is 0.154. The Hall–Kier alpha value is -1.85. The highest BCUT2D eigenvalue weighted by molar-refractivity contribution is 7.03. The number of pyridine rings is 1. The van der Waals surface area contributed by atoms with Gasteiger partial charge < -0.3 is 5.32 Å². The minimum absolute atomic E-state index is 0.0650. The van der Waals surface area contributed by atoms with Crippen LogP contribution in [0.2, 0.25) is 0 Å². The molecule has 5 heteroatoms. The zero-order valence-electron chi connectivity index (χ0n) is 9.87. The first-order chi connectivity index (χ1) is 8.88. The number of nitrogens with one attached hydrogen (secondary N) is 1. The molecule has 1 atom stereocenters. The Balaban J connectivity index is 2.07. The van der Waals surface area contributed by atoms with E-state index in [-0.39, 0.29) is 6.04 Å². The normalized spacial score (nSPS) is 12.7. The summed E-state index contributed by atoms with van der Waals surface area (Å²) in [6, 6.07) is 10.4. The molecule has 1 N–H and O–H groups in total. The largest absolute Gasteiger partial charge is 0.308 e. The van der Waals surface area contributed by atoms with E-state index >= 15 is 0 Å². The smallest absolute Gasteiger partial charge is 0.0970 e. The van der Waals surface area contributed by atoms with E-state index in [1.165, 1.54) is 11.5 Å². The summed E-state index contributed by atoms with van der Waals surface area (Å²) < 4.78 is 3.91. The molecular weight excluding hydrogens is 244 g/mol. The van der Waals surface area contributed by atoms with Crippen LogP contribution in [-0.4, -0.2) is 21.6 Å². The molecule has 0 saturated heterocycles. The fourth-order valence-electron chi connectivity index (χ4n) is 2.05. The molecule has 1 aromatic carbocycles. The van der Waals surface area contributed by atoms with Crippen molar-refractivity contribution in [3.63, 3.8) is 0 Å². The van der Waals surface area contributed by atoms with Gasteiger partial charge in [-0.2, -0.15) is 0 Å². The maximum atomic E-state index is 4.38. The van der Waals surface area contributed by atoms with Gasteiger partial charge in [0.25, 0.3) is 0 Å². The molecule has 0 amide bonds. The van der Waals surface area contributed by atoms with Gasteiger partial charge in [0.1, 0.15) is 0 Å². The summed E-state index contributed by atoms with van der Waals surface area (Å²) >= 11 is 1.36. The van der Waals surface area contributed by atoms with Crippen LogP contribution in [0.1, 0.15) is 17.3 Å². The van der Waals surface area contributed by atoms with Crippen molar-refractivity contribution in [1.82, 2.24) is 19.9 Å². The van der Waals surface area contributed by atoms with E-state index in [4.69, 9.17) is 0 Å². The molecule has 0 aliphatic heterocycles. The van der Waals surface area contributed by atoms with Gasteiger partial charge in [-0.05, 0) is 36.3 Å². The second kappa shape index (κ2) is 4.80. The van der Waals surface area contributed by atoms with Crippen LogP contribution in [0.3, 0.4) is 0 Å². The van der Waals surface area contributed by atoms with Crippen molar-refractivity contribution in [2.45, 2.75) is 6.04 Å². The van der Waals surface area contributed by atoms with E-state index in [1.54, 1.807) is 0 Å². The van der Waals surface area contributed by atoms with Gasteiger partial charge in [0, 0.05) is 17.0 Å². The molecule has 0 fully saturated rings. The van der Waals surface area contributed by atoms with Crippen LogP contribution in [0.15, 0.2) is 41.9 Å². The topological polar surface area (TPSA) is 50.7 Å². The van der Waals surface area contributed by atoms with Gasteiger partial charge in [0.15, 0.2) is 0 Å². The third-order valence-corrected chi connectivity index (χ3v) is 3.45. The van der Waals surface area contributed by atoms with Crippen molar-refractivity contribution in [2.24, 2.45) is 0 Å². The zero-order valence-corrected chi connectivity index (χ0v) is 10.7. The minimum atomic E-state index is 0.0650. The molecule has 0 aliphatic rings. The van der Waals surface area contributed by atoms with E-state index in [1.807, 2.05) is 24.7 Å². The summed E-state index contributed by atoms with van der Waals surface area (Å²) in [5.41, 5.74) is 3.09. The van der Waals surface area contributed by atoms with Crippen LogP contribution in [0.25, 0.3) is 10.9 Å². The molecule has 0 radical (unpaired) electrons.